The van der Waals surface area contributed by atoms with Crippen LogP contribution in [-0.4, -0.2) is 5.11 Å². The molecule has 0 saturated carbocycles. The number of aliphatic hydroxyl groups is 1. The Morgan fingerprint density at radius 1 is 1.60 bits per heavy atom. The summed E-state index contributed by atoms with van der Waals surface area (Å²) in [5.41, 5.74) is 0.269. The van der Waals surface area contributed by atoms with Gasteiger partial charge in [0.2, 0.25) is 0 Å². The lowest BCUT2D eigenvalue weighted by Crippen LogP contribution is -2.21. The first-order valence-electron chi connectivity index (χ1n) is 3.76. The van der Waals surface area contributed by atoms with Crippen molar-refractivity contribution in [2.45, 2.75) is 27.2 Å². The van der Waals surface area contributed by atoms with Crippen molar-refractivity contribution in [3.63, 3.8) is 0 Å². The van der Waals surface area contributed by atoms with Crippen LogP contribution in [0.4, 0.5) is 0 Å². The third kappa shape index (κ3) is 1.53. The van der Waals surface area contributed by atoms with Crippen LogP contribution in [0.3, 0.4) is 0 Å². The minimum Gasteiger partial charge on any atom is -0.512 e. The van der Waals surface area contributed by atoms with Crippen LogP contribution in [0.25, 0.3) is 0 Å². The molecule has 0 heterocycles. The van der Waals surface area contributed by atoms with Gasteiger partial charge in [-0.3, -0.25) is 0 Å². The molecule has 0 amide bonds. The summed E-state index contributed by atoms with van der Waals surface area (Å²) in [5, 5.41) is 9.24. The lowest BCUT2D eigenvalue weighted by molar-refractivity contribution is 0.288. The summed E-state index contributed by atoms with van der Waals surface area (Å²) < 4.78 is 0. The van der Waals surface area contributed by atoms with E-state index in [0.717, 1.165) is 6.42 Å². The Hall–Kier alpha value is -0.460. The van der Waals surface area contributed by atoms with Crippen molar-refractivity contribution in [1.29, 1.82) is 0 Å². The van der Waals surface area contributed by atoms with Crippen LogP contribution in [0.5, 0.6) is 0 Å². The molecule has 0 fully saturated rings. The second kappa shape index (κ2) is 2.30. The third-order valence-electron chi connectivity index (χ3n) is 2.01. The van der Waals surface area contributed by atoms with Crippen molar-refractivity contribution < 1.29 is 5.11 Å². The van der Waals surface area contributed by atoms with Gasteiger partial charge in [0.15, 0.2) is 0 Å². The second-order valence-electron chi connectivity index (χ2n) is 3.78. The molecule has 0 aromatic rings. The van der Waals surface area contributed by atoms with Gasteiger partial charge in [-0.15, -0.1) is 0 Å². The summed E-state index contributed by atoms with van der Waals surface area (Å²) in [6.45, 7) is 6.39. The molecule has 0 aromatic heterocycles. The van der Waals surface area contributed by atoms with E-state index < -0.39 is 0 Å². The normalized spacial score (nSPS) is 31.5. The summed E-state index contributed by atoms with van der Waals surface area (Å²) in [5.74, 6) is 0.767. The molecule has 1 unspecified atom stereocenters. The van der Waals surface area contributed by atoms with Crippen LogP contribution >= 0.6 is 0 Å². The van der Waals surface area contributed by atoms with Gasteiger partial charge in [0, 0.05) is 5.92 Å². The van der Waals surface area contributed by atoms with Crippen LogP contribution in [0.1, 0.15) is 27.2 Å². The third-order valence-corrected chi connectivity index (χ3v) is 2.01. The van der Waals surface area contributed by atoms with E-state index in [-0.39, 0.29) is 11.3 Å². The topological polar surface area (TPSA) is 20.2 Å². The highest BCUT2D eigenvalue weighted by Gasteiger charge is 2.26. The lowest BCUT2D eigenvalue weighted by Gasteiger charge is -2.30. The molecule has 1 aliphatic rings. The van der Waals surface area contributed by atoms with Crippen molar-refractivity contribution in [2.75, 3.05) is 0 Å². The molecule has 1 nitrogen and oxygen atoms in total. The van der Waals surface area contributed by atoms with Crippen LogP contribution in [0.15, 0.2) is 11.8 Å². The first-order chi connectivity index (χ1) is 4.51. The quantitative estimate of drug-likeness (QED) is 0.547. The maximum absolute atomic E-state index is 9.24. The smallest absolute Gasteiger partial charge is 0.0914 e. The van der Waals surface area contributed by atoms with Crippen molar-refractivity contribution in [1.82, 2.24) is 0 Å². The molecular formula is C9H15O. The SMILES string of the molecule is CC1[CH]C(C)(C)CC=C1O. The summed E-state index contributed by atoms with van der Waals surface area (Å²) in [7, 11) is 0. The van der Waals surface area contributed by atoms with E-state index in [9.17, 15) is 5.11 Å². The van der Waals surface area contributed by atoms with E-state index in [1.54, 1.807) is 0 Å². The Morgan fingerprint density at radius 3 is 2.60 bits per heavy atom. The molecule has 1 atom stereocenters. The molecule has 0 aliphatic heterocycles. The van der Waals surface area contributed by atoms with Crippen molar-refractivity contribution in [2.24, 2.45) is 11.3 Å². The molecule has 0 bridgehead atoms. The summed E-state index contributed by atoms with van der Waals surface area (Å²) in [6, 6.07) is 0. The monoisotopic (exact) mass is 139 g/mol. The van der Waals surface area contributed by atoms with Gasteiger partial charge >= 0.3 is 0 Å². The Balaban J connectivity index is 2.69. The van der Waals surface area contributed by atoms with Gasteiger partial charge in [0.05, 0.1) is 5.76 Å². The van der Waals surface area contributed by atoms with Gasteiger partial charge in [0.25, 0.3) is 0 Å². The Kier molecular flexibility index (Phi) is 1.76. The van der Waals surface area contributed by atoms with Gasteiger partial charge in [0.1, 0.15) is 0 Å². The molecule has 1 rings (SSSR count). The van der Waals surface area contributed by atoms with Gasteiger partial charge < -0.3 is 5.11 Å². The lowest BCUT2D eigenvalue weighted by atomic mass is 9.76. The van der Waals surface area contributed by atoms with Gasteiger partial charge in [-0.25, -0.2) is 0 Å². The van der Waals surface area contributed by atoms with Gasteiger partial charge in [-0.05, 0) is 24.3 Å². The molecule has 0 saturated heterocycles. The first-order valence-corrected chi connectivity index (χ1v) is 3.76. The first kappa shape index (κ1) is 7.64. The predicted octanol–water partition coefficient (Wildman–Crippen LogP) is 2.70. The standard InChI is InChI=1S/C9H15O/c1-7-6-9(2,3)5-4-8(7)10/h4,6-7,10H,5H2,1-3H3. The molecule has 0 aromatic carbocycles. The van der Waals surface area contributed by atoms with Crippen molar-refractivity contribution in [3.8, 4) is 0 Å². The van der Waals surface area contributed by atoms with Crippen LogP contribution in [0.2, 0.25) is 0 Å². The highest BCUT2D eigenvalue weighted by atomic mass is 16.3. The van der Waals surface area contributed by atoms with E-state index in [2.05, 4.69) is 20.3 Å². The summed E-state index contributed by atoms with van der Waals surface area (Å²) in [6.07, 6.45) is 5.08. The molecule has 57 valence electrons. The zero-order chi connectivity index (χ0) is 7.78. The predicted molar refractivity (Wildman–Crippen MR) is 42.6 cm³/mol. The van der Waals surface area contributed by atoms with E-state index >= 15 is 0 Å². The maximum atomic E-state index is 9.24. The molecule has 10 heavy (non-hydrogen) atoms. The summed E-state index contributed by atoms with van der Waals surface area (Å²) >= 11 is 0. The van der Waals surface area contributed by atoms with Gasteiger partial charge in [-0.2, -0.15) is 0 Å². The number of allylic oxidation sites excluding steroid dienone is 2. The molecule has 1 radical (unpaired) electrons. The number of hydrogen-bond donors (Lipinski definition) is 1. The number of hydrogen-bond acceptors (Lipinski definition) is 1. The maximum Gasteiger partial charge on any atom is 0.0914 e. The molecular weight excluding hydrogens is 124 g/mol. The fourth-order valence-corrected chi connectivity index (χ4v) is 1.38. The van der Waals surface area contributed by atoms with E-state index in [4.69, 9.17) is 0 Å². The average Bonchev–Trinajstić information content (AvgIpc) is 1.79. The molecule has 0 spiro atoms. The van der Waals surface area contributed by atoms with Crippen molar-refractivity contribution >= 4 is 0 Å². The van der Waals surface area contributed by atoms with Crippen LogP contribution in [-0.2, 0) is 0 Å². The van der Waals surface area contributed by atoms with Crippen molar-refractivity contribution in [3.05, 3.63) is 18.3 Å². The Labute approximate surface area is 62.8 Å². The minimum atomic E-state index is 0.240. The molecule has 1 N–H and O–H groups in total. The second-order valence-corrected chi connectivity index (χ2v) is 3.78. The van der Waals surface area contributed by atoms with E-state index in [1.165, 1.54) is 0 Å². The van der Waals surface area contributed by atoms with E-state index in [0.29, 0.717) is 5.76 Å². The number of aliphatic hydroxyl groups excluding tert-OH is 1. The Morgan fingerprint density at radius 2 is 2.20 bits per heavy atom. The molecule has 1 heteroatoms. The zero-order valence-electron chi connectivity index (χ0n) is 6.89. The minimum absolute atomic E-state index is 0.240. The fraction of sp³-hybridized carbons (Fsp3) is 0.667. The van der Waals surface area contributed by atoms with Crippen LogP contribution < -0.4 is 0 Å². The highest BCUT2D eigenvalue weighted by Crippen LogP contribution is 2.35. The van der Waals surface area contributed by atoms with E-state index in [1.807, 2.05) is 13.0 Å². The largest absolute Gasteiger partial charge is 0.512 e. The average molecular weight is 139 g/mol. The zero-order valence-corrected chi connectivity index (χ0v) is 6.89. The van der Waals surface area contributed by atoms with Gasteiger partial charge in [-0.1, -0.05) is 20.8 Å². The van der Waals surface area contributed by atoms with Crippen LogP contribution in [0, 0.1) is 17.8 Å². The highest BCUT2D eigenvalue weighted by molar-refractivity contribution is 5.12. The fourth-order valence-electron chi connectivity index (χ4n) is 1.38. The number of rotatable bonds is 0. The Bertz CT molecular complexity index is 156. The molecule has 1 aliphatic carbocycles. The summed E-state index contributed by atoms with van der Waals surface area (Å²) in [4.78, 5) is 0.